The van der Waals surface area contributed by atoms with E-state index in [-0.39, 0.29) is 24.8 Å². The molecule has 2 aromatic carbocycles. The van der Waals surface area contributed by atoms with Crippen LogP contribution in [0.2, 0.25) is 0 Å². The number of hydrogen-bond donors (Lipinski definition) is 2. The number of hydrogen-bond acceptors (Lipinski definition) is 5. The van der Waals surface area contributed by atoms with Gasteiger partial charge in [0.25, 0.3) is 11.9 Å². The monoisotopic (exact) mass is 387 g/mol. The molecule has 2 N–H and O–H groups in total. The fourth-order valence-electron chi connectivity index (χ4n) is 3.49. The summed E-state index contributed by atoms with van der Waals surface area (Å²) in [6.45, 7) is -0.856. The first-order valence-electron chi connectivity index (χ1n) is 8.81. The first-order chi connectivity index (χ1) is 13.5. The normalized spacial score (nSPS) is 26.0. The standard InChI is InChI=1S/C20H19F2N3O3/c1-23-14-7-8-16(21)15(9-14)20-12-27-10-19(20,22)11-28-18(25-20)24-17(26)13-5-3-2-4-6-13/h2-9,23H,10-12H2,1H3,(H,24,25,26). The number of rotatable bonds is 3. The summed E-state index contributed by atoms with van der Waals surface area (Å²) in [7, 11) is 1.68. The third-order valence-electron chi connectivity index (χ3n) is 5.07. The Morgan fingerprint density at radius 2 is 1.93 bits per heavy atom. The lowest BCUT2D eigenvalue weighted by Gasteiger charge is -2.39. The highest BCUT2D eigenvalue weighted by atomic mass is 19.1. The number of carbonyl (C=O) groups excluding carboxylic acids is 1. The van der Waals surface area contributed by atoms with Gasteiger partial charge in [-0.25, -0.2) is 13.8 Å². The number of aliphatic imine (C=N–C) groups is 1. The molecule has 6 nitrogen and oxygen atoms in total. The van der Waals surface area contributed by atoms with Crippen LogP contribution in [0.25, 0.3) is 0 Å². The van der Waals surface area contributed by atoms with Crippen LogP contribution >= 0.6 is 0 Å². The molecule has 2 aliphatic heterocycles. The van der Waals surface area contributed by atoms with Crippen molar-refractivity contribution in [2.24, 2.45) is 4.99 Å². The summed E-state index contributed by atoms with van der Waals surface area (Å²) >= 11 is 0. The topological polar surface area (TPSA) is 71.9 Å². The van der Waals surface area contributed by atoms with Crippen LogP contribution in [0.4, 0.5) is 14.5 Å². The summed E-state index contributed by atoms with van der Waals surface area (Å²) < 4.78 is 41.1. The van der Waals surface area contributed by atoms with Crippen LogP contribution in [0.15, 0.2) is 53.5 Å². The fourth-order valence-corrected chi connectivity index (χ4v) is 3.49. The fraction of sp³-hybridized carbons (Fsp3) is 0.300. The van der Waals surface area contributed by atoms with Gasteiger partial charge < -0.3 is 14.8 Å². The molecule has 1 saturated heterocycles. The number of halogens is 2. The van der Waals surface area contributed by atoms with E-state index < -0.39 is 29.5 Å². The van der Waals surface area contributed by atoms with Crippen molar-refractivity contribution in [2.75, 3.05) is 32.2 Å². The van der Waals surface area contributed by atoms with Crippen molar-refractivity contribution in [3.05, 3.63) is 65.5 Å². The van der Waals surface area contributed by atoms with Crippen LogP contribution in [0.1, 0.15) is 15.9 Å². The van der Waals surface area contributed by atoms with Crippen LogP contribution in [0.5, 0.6) is 0 Å². The zero-order valence-corrected chi connectivity index (χ0v) is 15.2. The second kappa shape index (κ2) is 6.87. The van der Waals surface area contributed by atoms with Crippen molar-refractivity contribution in [2.45, 2.75) is 11.2 Å². The lowest BCUT2D eigenvalue weighted by Crippen LogP contribution is -2.56. The number of alkyl halides is 1. The van der Waals surface area contributed by atoms with Crippen molar-refractivity contribution < 1.29 is 23.0 Å². The Morgan fingerprint density at radius 1 is 1.14 bits per heavy atom. The number of amides is 1. The molecule has 146 valence electrons. The molecular weight excluding hydrogens is 368 g/mol. The molecule has 2 aliphatic rings. The maximum atomic E-state index is 15.7. The smallest absolute Gasteiger partial charge is 0.292 e. The van der Waals surface area contributed by atoms with E-state index in [1.54, 1.807) is 43.4 Å². The Balaban J connectivity index is 1.75. The number of amidine groups is 1. The highest BCUT2D eigenvalue weighted by Gasteiger charge is 2.63. The van der Waals surface area contributed by atoms with Gasteiger partial charge in [0.05, 0.1) is 13.2 Å². The quantitative estimate of drug-likeness (QED) is 0.849. The Labute approximate surface area is 160 Å². The van der Waals surface area contributed by atoms with Gasteiger partial charge in [0.1, 0.15) is 12.4 Å². The van der Waals surface area contributed by atoms with Crippen LogP contribution in [-0.4, -0.2) is 44.5 Å². The second-order valence-electron chi connectivity index (χ2n) is 6.79. The Hall–Kier alpha value is -3.00. The van der Waals surface area contributed by atoms with E-state index in [1.807, 2.05) is 0 Å². The van der Waals surface area contributed by atoms with E-state index in [9.17, 15) is 9.18 Å². The van der Waals surface area contributed by atoms with Crippen LogP contribution in [0, 0.1) is 5.82 Å². The summed E-state index contributed by atoms with van der Waals surface area (Å²) in [6, 6.07) is 12.6. The molecule has 1 fully saturated rings. The number of ether oxygens (including phenoxy) is 2. The molecule has 0 spiro atoms. The van der Waals surface area contributed by atoms with Gasteiger partial charge in [0.15, 0.2) is 11.2 Å². The molecule has 0 aromatic heterocycles. The van der Waals surface area contributed by atoms with Crippen LogP contribution < -0.4 is 10.6 Å². The zero-order valence-electron chi connectivity index (χ0n) is 15.2. The molecule has 2 atom stereocenters. The lowest BCUT2D eigenvalue weighted by molar-refractivity contribution is 0.00716. The Morgan fingerprint density at radius 3 is 2.68 bits per heavy atom. The van der Waals surface area contributed by atoms with Gasteiger partial charge in [0, 0.05) is 23.9 Å². The number of benzene rings is 2. The van der Waals surface area contributed by atoms with Crippen molar-refractivity contribution in [3.63, 3.8) is 0 Å². The highest BCUT2D eigenvalue weighted by molar-refractivity contribution is 6.04. The second-order valence-corrected chi connectivity index (χ2v) is 6.79. The van der Waals surface area contributed by atoms with Gasteiger partial charge >= 0.3 is 0 Å². The minimum Gasteiger partial charge on any atom is -0.461 e. The van der Waals surface area contributed by atoms with Crippen molar-refractivity contribution in [1.29, 1.82) is 0 Å². The van der Waals surface area contributed by atoms with Gasteiger partial charge in [0.2, 0.25) is 0 Å². The third kappa shape index (κ3) is 2.90. The largest absolute Gasteiger partial charge is 0.461 e. The van der Waals surface area contributed by atoms with E-state index in [1.165, 1.54) is 12.1 Å². The van der Waals surface area contributed by atoms with Crippen molar-refractivity contribution in [3.8, 4) is 0 Å². The molecule has 8 heteroatoms. The average molecular weight is 387 g/mol. The van der Waals surface area contributed by atoms with Crippen LogP contribution in [-0.2, 0) is 15.0 Å². The molecule has 0 saturated carbocycles. The minimum atomic E-state index is -2.05. The van der Waals surface area contributed by atoms with E-state index in [2.05, 4.69) is 15.6 Å². The van der Waals surface area contributed by atoms with E-state index >= 15 is 4.39 Å². The minimum absolute atomic E-state index is 0.0501. The number of fused-ring (bicyclic) bond motifs is 1. The SMILES string of the molecule is CNc1ccc(F)c(C23COCC2(F)COC(NC(=O)c2ccccc2)=N3)c1. The Bertz CT molecular complexity index is 938. The lowest BCUT2D eigenvalue weighted by atomic mass is 9.78. The van der Waals surface area contributed by atoms with E-state index in [4.69, 9.17) is 9.47 Å². The first-order valence-corrected chi connectivity index (χ1v) is 8.81. The summed E-state index contributed by atoms with van der Waals surface area (Å²) in [5.41, 5.74) is -2.65. The zero-order chi connectivity index (χ0) is 19.8. The molecule has 28 heavy (non-hydrogen) atoms. The maximum Gasteiger partial charge on any atom is 0.292 e. The van der Waals surface area contributed by atoms with Gasteiger partial charge in [-0.15, -0.1) is 0 Å². The van der Waals surface area contributed by atoms with E-state index in [0.29, 0.717) is 11.3 Å². The molecular formula is C20H19F2N3O3. The van der Waals surface area contributed by atoms with Crippen molar-refractivity contribution in [1.82, 2.24) is 5.32 Å². The molecule has 4 rings (SSSR count). The Kier molecular flexibility index (Phi) is 4.50. The maximum absolute atomic E-state index is 15.7. The van der Waals surface area contributed by atoms with Crippen molar-refractivity contribution >= 4 is 17.6 Å². The summed E-state index contributed by atoms with van der Waals surface area (Å²) in [5, 5.41) is 5.44. The molecule has 2 heterocycles. The molecule has 0 bridgehead atoms. The highest BCUT2D eigenvalue weighted by Crippen LogP contribution is 2.48. The van der Waals surface area contributed by atoms with Gasteiger partial charge in [-0.1, -0.05) is 18.2 Å². The van der Waals surface area contributed by atoms with Gasteiger partial charge in [-0.3, -0.25) is 10.1 Å². The molecule has 2 aromatic rings. The molecule has 0 radical (unpaired) electrons. The number of carbonyl (C=O) groups is 1. The summed E-state index contributed by atoms with van der Waals surface area (Å²) in [4.78, 5) is 16.7. The predicted octanol–water partition coefficient (Wildman–Crippen LogP) is 2.62. The van der Waals surface area contributed by atoms with Gasteiger partial charge in [-0.2, -0.15) is 0 Å². The molecule has 2 unspecified atom stereocenters. The number of anilines is 1. The van der Waals surface area contributed by atoms with Crippen LogP contribution in [0.3, 0.4) is 0 Å². The number of nitrogens with one attached hydrogen (secondary N) is 2. The third-order valence-corrected chi connectivity index (χ3v) is 5.07. The van der Waals surface area contributed by atoms with Gasteiger partial charge in [-0.05, 0) is 30.3 Å². The molecule has 1 amide bonds. The van der Waals surface area contributed by atoms with E-state index in [0.717, 1.165) is 0 Å². The summed E-state index contributed by atoms with van der Waals surface area (Å²) in [5.74, 6) is -1.06. The summed E-state index contributed by atoms with van der Waals surface area (Å²) in [6.07, 6.45) is 0. The average Bonchev–Trinajstić information content (AvgIpc) is 3.06. The predicted molar refractivity (Wildman–Crippen MR) is 99.6 cm³/mol. The first kappa shape index (κ1) is 18.4. The molecule has 0 aliphatic carbocycles. The number of nitrogens with zero attached hydrogens (tertiary/aromatic N) is 1.